The average Bonchev–Trinajstić information content (AvgIpc) is 2.40. The van der Waals surface area contributed by atoms with E-state index in [0.29, 0.717) is 10.8 Å². The van der Waals surface area contributed by atoms with Gasteiger partial charge in [-0.25, -0.2) is 0 Å². The number of hydrogen-bond acceptors (Lipinski definition) is 1. The molecular weight excluding hydrogens is 324 g/mol. The van der Waals surface area contributed by atoms with Gasteiger partial charge in [0.1, 0.15) is 11.5 Å². The van der Waals surface area contributed by atoms with Gasteiger partial charge in [0.05, 0.1) is 5.02 Å². The molecule has 0 aromatic heterocycles. The maximum atomic E-state index is 6.26. The Morgan fingerprint density at radius 3 is 2.37 bits per heavy atom. The van der Waals surface area contributed by atoms with E-state index in [1.165, 1.54) is 5.56 Å². The fraction of sp³-hybridized carbons (Fsp3) is 0.250. The lowest BCUT2D eigenvalue weighted by Gasteiger charge is -2.15. The highest BCUT2D eigenvalue weighted by atomic mass is 79.9. The van der Waals surface area contributed by atoms with Crippen molar-refractivity contribution < 1.29 is 4.74 Å². The molecule has 2 aromatic carbocycles. The zero-order valence-electron chi connectivity index (χ0n) is 11.3. The highest BCUT2D eigenvalue weighted by Crippen LogP contribution is 2.35. The van der Waals surface area contributed by atoms with Gasteiger partial charge >= 0.3 is 0 Å². The first-order chi connectivity index (χ1) is 9.02. The summed E-state index contributed by atoms with van der Waals surface area (Å²) in [5, 5.41) is 1.42. The molecule has 1 nitrogen and oxygen atoms in total. The summed E-state index contributed by atoms with van der Waals surface area (Å²) < 4.78 is 6.00. The Morgan fingerprint density at radius 2 is 1.74 bits per heavy atom. The van der Waals surface area contributed by atoms with E-state index in [9.17, 15) is 0 Å². The van der Waals surface area contributed by atoms with Crippen molar-refractivity contribution in [2.24, 2.45) is 0 Å². The van der Waals surface area contributed by atoms with Crippen LogP contribution in [0.25, 0.3) is 0 Å². The van der Waals surface area contributed by atoms with Crippen LogP contribution in [0, 0.1) is 20.8 Å². The van der Waals surface area contributed by atoms with Crippen LogP contribution < -0.4 is 4.74 Å². The fourth-order valence-corrected chi connectivity index (χ4v) is 2.49. The van der Waals surface area contributed by atoms with Crippen LogP contribution in [0.2, 0.25) is 5.02 Å². The smallest absolute Gasteiger partial charge is 0.146 e. The third kappa shape index (κ3) is 3.13. The maximum absolute atomic E-state index is 6.26. The lowest BCUT2D eigenvalue weighted by Crippen LogP contribution is -1.94. The molecule has 0 radical (unpaired) electrons. The molecule has 0 saturated carbocycles. The van der Waals surface area contributed by atoms with Gasteiger partial charge in [-0.2, -0.15) is 0 Å². The molecule has 100 valence electrons. The third-order valence-corrected chi connectivity index (χ3v) is 4.18. The van der Waals surface area contributed by atoms with Gasteiger partial charge < -0.3 is 4.74 Å². The van der Waals surface area contributed by atoms with E-state index in [4.69, 9.17) is 16.3 Å². The van der Waals surface area contributed by atoms with Crippen LogP contribution in [0.4, 0.5) is 0 Å². The SMILES string of the molecule is Cc1ccc(C)c(Oc2ccc(CBr)cc2Cl)c1C. The number of halogens is 2. The van der Waals surface area contributed by atoms with Crippen molar-refractivity contribution in [3.05, 3.63) is 57.6 Å². The maximum Gasteiger partial charge on any atom is 0.146 e. The zero-order valence-corrected chi connectivity index (χ0v) is 13.6. The van der Waals surface area contributed by atoms with Crippen molar-refractivity contribution in [1.82, 2.24) is 0 Å². The molecule has 2 aromatic rings. The minimum absolute atomic E-state index is 0.636. The van der Waals surface area contributed by atoms with Crippen molar-refractivity contribution in [2.75, 3.05) is 0 Å². The highest BCUT2D eigenvalue weighted by molar-refractivity contribution is 9.08. The summed E-state index contributed by atoms with van der Waals surface area (Å²) >= 11 is 9.67. The number of hydrogen-bond donors (Lipinski definition) is 0. The molecule has 0 spiro atoms. The molecule has 0 aliphatic carbocycles. The number of alkyl halides is 1. The lowest BCUT2D eigenvalue weighted by atomic mass is 10.1. The predicted octanol–water partition coefficient (Wildman–Crippen LogP) is 5.95. The van der Waals surface area contributed by atoms with Crippen molar-refractivity contribution in [3.63, 3.8) is 0 Å². The number of benzene rings is 2. The highest BCUT2D eigenvalue weighted by Gasteiger charge is 2.10. The lowest BCUT2D eigenvalue weighted by molar-refractivity contribution is 0.474. The van der Waals surface area contributed by atoms with E-state index < -0.39 is 0 Å². The van der Waals surface area contributed by atoms with Gasteiger partial charge in [-0.15, -0.1) is 0 Å². The van der Waals surface area contributed by atoms with Crippen LogP contribution in [0.3, 0.4) is 0 Å². The summed E-state index contributed by atoms with van der Waals surface area (Å²) in [6, 6.07) is 10.0. The van der Waals surface area contributed by atoms with E-state index in [1.807, 2.05) is 25.1 Å². The van der Waals surface area contributed by atoms with Crippen molar-refractivity contribution in [1.29, 1.82) is 0 Å². The average molecular weight is 340 g/mol. The Morgan fingerprint density at radius 1 is 1.05 bits per heavy atom. The Labute approximate surface area is 127 Å². The van der Waals surface area contributed by atoms with Crippen molar-refractivity contribution in [2.45, 2.75) is 26.1 Å². The van der Waals surface area contributed by atoms with E-state index in [1.54, 1.807) is 0 Å². The topological polar surface area (TPSA) is 9.23 Å². The summed E-state index contributed by atoms with van der Waals surface area (Å²) in [6.45, 7) is 6.19. The van der Waals surface area contributed by atoms with Gasteiger partial charge in [0.15, 0.2) is 0 Å². The molecule has 0 fully saturated rings. The molecule has 0 N–H and O–H groups in total. The second-order valence-corrected chi connectivity index (χ2v) is 5.62. The second-order valence-electron chi connectivity index (χ2n) is 4.65. The van der Waals surface area contributed by atoms with Gasteiger partial charge in [0.2, 0.25) is 0 Å². The fourth-order valence-electron chi connectivity index (χ4n) is 1.90. The molecule has 2 rings (SSSR count). The summed E-state index contributed by atoms with van der Waals surface area (Å²) in [7, 11) is 0. The van der Waals surface area contributed by atoms with Crippen LogP contribution in [0.1, 0.15) is 22.3 Å². The van der Waals surface area contributed by atoms with E-state index in [0.717, 1.165) is 27.8 Å². The van der Waals surface area contributed by atoms with Crippen LogP contribution in [-0.2, 0) is 5.33 Å². The minimum atomic E-state index is 0.636. The summed E-state index contributed by atoms with van der Waals surface area (Å²) in [4.78, 5) is 0. The quantitative estimate of drug-likeness (QED) is 0.628. The van der Waals surface area contributed by atoms with Crippen LogP contribution in [0.15, 0.2) is 30.3 Å². The van der Waals surface area contributed by atoms with Crippen molar-refractivity contribution in [3.8, 4) is 11.5 Å². The first-order valence-electron chi connectivity index (χ1n) is 6.12. The Balaban J connectivity index is 2.39. The molecule has 0 saturated heterocycles. The minimum Gasteiger partial charge on any atom is -0.455 e. The van der Waals surface area contributed by atoms with E-state index >= 15 is 0 Å². The Hall–Kier alpha value is -0.990. The standard InChI is InChI=1S/C16H16BrClO/c1-10-4-5-11(2)16(12(10)3)19-15-7-6-13(9-17)8-14(15)18/h4-8H,9H2,1-3H3. The molecule has 19 heavy (non-hydrogen) atoms. The summed E-state index contributed by atoms with van der Waals surface area (Å²) in [6.07, 6.45) is 0. The molecule has 0 heterocycles. The van der Waals surface area contributed by atoms with E-state index in [2.05, 4.69) is 41.9 Å². The summed E-state index contributed by atoms with van der Waals surface area (Å²) in [5.74, 6) is 1.59. The molecule has 3 heteroatoms. The Bertz CT molecular complexity index is 608. The summed E-state index contributed by atoms with van der Waals surface area (Å²) in [5.41, 5.74) is 4.62. The molecular formula is C16H16BrClO. The monoisotopic (exact) mass is 338 g/mol. The van der Waals surface area contributed by atoms with E-state index in [-0.39, 0.29) is 0 Å². The predicted molar refractivity (Wildman–Crippen MR) is 84.8 cm³/mol. The van der Waals surface area contributed by atoms with Gasteiger partial charge in [-0.05, 0) is 55.2 Å². The molecule has 0 aliphatic heterocycles. The number of ether oxygens (including phenoxy) is 1. The van der Waals surface area contributed by atoms with Crippen molar-refractivity contribution >= 4 is 27.5 Å². The third-order valence-electron chi connectivity index (χ3n) is 3.24. The molecule has 0 bridgehead atoms. The van der Waals surface area contributed by atoms with Gasteiger partial charge in [-0.1, -0.05) is 45.7 Å². The molecule has 0 unspecified atom stereocenters. The second kappa shape index (κ2) is 5.98. The molecule has 0 atom stereocenters. The van der Waals surface area contributed by atoms with Gasteiger partial charge in [-0.3, -0.25) is 0 Å². The number of aryl methyl sites for hydroxylation is 2. The molecule has 0 aliphatic rings. The van der Waals surface area contributed by atoms with Crippen LogP contribution >= 0.6 is 27.5 Å². The normalized spacial score (nSPS) is 10.6. The van der Waals surface area contributed by atoms with Crippen LogP contribution in [-0.4, -0.2) is 0 Å². The van der Waals surface area contributed by atoms with Gasteiger partial charge in [0, 0.05) is 5.33 Å². The molecule has 0 amide bonds. The van der Waals surface area contributed by atoms with Gasteiger partial charge in [0.25, 0.3) is 0 Å². The van der Waals surface area contributed by atoms with Crippen LogP contribution in [0.5, 0.6) is 11.5 Å². The number of rotatable bonds is 3. The Kier molecular flexibility index (Phi) is 4.54. The zero-order chi connectivity index (χ0) is 14.0. The largest absolute Gasteiger partial charge is 0.455 e. The first-order valence-corrected chi connectivity index (χ1v) is 7.62. The first kappa shape index (κ1) is 14.4.